The Balaban J connectivity index is 3.20. The zero-order valence-electron chi connectivity index (χ0n) is 6.76. The molecule has 0 rings (SSSR count). The van der Waals surface area contributed by atoms with Crippen molar-refractivity contribution < 1.29 is 0 Å². The Bertz CT molecular complexity index is 106. The maximum absolute atomic E-state index is 8.55. The molecule has 58 valence electrons. The second-order valence-electron chi connectivity index (χ2n) is 2.25. The number of rotatable bonds is 5. The fourth-order valence-electron chi connectivity index (χ4n) is 0.616. The van der Waals surface area contributed by atoms with Crippen molar-refractivity contribution in [3.05, 3.63) is 0 Å². The molecule has 1 unspecified atom stereocenters. The van der Waals surface area contributed by atoms with Gasteiger partial charge in [0.1, 0.15) is 0 Å². The molecule has 0 aliphatic rings. The molecule has 0 heterocycles. The smallest absolute Gasteiger partial charge is 0.0914 e. The van der Waals surface area contributed by atoms with Gasteiger partial charge in [-0.1, -0.05) is 20.3 Å². The molecule has 0 N–H and O–H groups in total. The number of unbranched alkanes of at least 4 members (excludes halogenated alkanes) is 1. The number of nitrogens with zero attached hydrogens (tertiary/aromatic N) is 1. The lowest BCUT2D eigenvalue weighted by Crippen LogP contribution is -1.96. The average Bonchev–Trinajstić information content (AvgIpc) is 1.99. The largest absolute Gasteiger partial charge is 0.197 e. The van der Waals surface area contributed by atoms with Crippen LogP contribution in [0.5, 0.6) is 0 Å². The highest BCUT2D eigenvalue weighted by molar-refractivity contribution is 8.00. The molecular formula is C8H15NS. The molecule has 0 spiro atoms. The zero-order chi connectivity index (χ0) is 7.82. The Morgan fingerprint density at radius 3 is 2.60 bits per heavy atom. The second kappa shape index (κ2) is 6.95. The molecule has 0 aliphatic heterocycles. The Morgan fingerprint density at radius 2 is 2.20 bits per heavy atom. The van der Waals surface area contributed by atoms with Gasteiger partial charge >= 0.3 is 0 Å². The van der Waals surface area contributed by atoms with E-state index in [1.807, 2.05) is 0 Å². The van der Waals surface area contributed by atoms with Crippen molar-refractivity contribution in [2.24, 2.45) is 0 Å². The van der Waals surface area contributed by atoms with Gasteiger partial charge in [-0.25, -0.2) is 0 Å². The molecule has 1 atom stereocenters. The first kappa shape index (κ1) is 9.84. The minimum atomic E-state index is 0.228. The fourth-order valence-corrected chi connectivity index (χ4v) is 1.67. The van der Waals surface area contributed by atoms with Crippen molar-refractivity contribution in [1.29, 1.82) is 5.26 Å². The van der Waals surface area contributed by atoms with Crippen LogP contribution in [-0.2, 0) is 0 Å². The SMILES string of the molecule is CCCCSC(C#N)CC. The highest BCUT2D eigenvalue weighted by Crippen LogP contribution is 2.14. The first-order valence-corrected chi connectivity index (χ1v) is 4.91. The Kier molecular flexibility index (Phi) is 6.84. The summed E-state index contributed by atoms with van der Waals surface area (Å²) in [6.07, 6.45) is 3.45. The van der Waals surface area contributed by atoms with Crippen LogP contribution in [0, 0.1) is 11.3 Å². The Hall–Kier alpha value is -0.160. The van der Waals surface area contributed by atoms with Crippen molar-refractivity contribution in [1.82, 2.24) is 0 Å². The van der Waals surface area contributed by atoms with Crippen LogP contribution in [0.15, 0.2) is 0 Å². The van der Waals surface area contributed by atoms with Crippen molar-refractivity contribution >= 4 is 11.8 Å². The molecule has 0 aromatic carbocycles. The van der Waals surface area contributed by atoms with E-state index in [0.717, 1.165) is 12.2 Å². The van der Waals surface area contributed by atoms with Gasteiger partial charge in [-0.05, 0) is 18.6 Å². The van der Waals surface area contributed by atoms with Crippen LogP contribution < -0.4 is 0 Å². The van der Waals surface area contributed by atoms with E-state index >= 15 is 0 Å². The van der Waals surface area contributed by atoms with Crippen LogP contribution in [0.2, 0.25) is 0 Å². The van der Waals surface area contributed by atoms with Crippen LogP contribution in [-0.4, -0.2) is 11.0 Å². The monoisotopic (exact) mass is 157 g/mol. The first-order valence-electron chi connectivity index (χ1n) is 3.86. The summed E-state index contributed by atoms with van der Waals surface area (Å²) in [5, 5.41) is 8.78. The molecular weight excluding hydrogens is 142 g/mol. The summed E-state index contributed by atoms with van der Waals surface area (Å²) in [5.74, 6) is 1.14. The topological polar surface area (TPSA) is 23.8 Å². The third-order valence-electron chi connectivity index (χ3n) is 1.33. The molecule has 0 amide bonds. The number of hydrogen-bond acceptors (Lipinski definition) is 2. The van der Waals surface area contributed by atoms with Crippen molar-refractivity contribution in [3.63, 3.8) is 0 Å². The third-order valence-corrected chi connectivity index (χ3v) is 2.70. The number of nitriles is 1. The summed E-state index contributed by atoms with van der Waals surface area (Å²) in [6.45, 7) is 4.24. The molecule has 0 aromatic heterocycles. The van der Waals surface area contributed by atoms with E-state index in [0.29, 0.717) is 0 Å². The number of thioether (sulfide) groups is 1. The van der Waals surface area contributed by atoms with E-state index in [2.05, 4.69) is 19.9 Å². The van der Waals surface area contributed by atoms with Crippen LogP contribution in [0.3, 0.4) is 0 Å². The highest BCUT2D eigenvalue weighted by Gasteiger charge is 2.02. The number of hydrogen-bond donors (Lipinski definition) is 0. The fraction of sp³-hybridized carbons (Fsp3) is 0.875. The molecule has 0 fully saturated rings. The lowest BCUT2D eigenvalue weighted by molar-refractivity contribution is 0.889. The van der Waals surface area contributed by atoms with E-state index in [-0.39, 0.29) is 5.25 Å². The van der Waals surface area contributed by atoms with Gasteiger partial charge in [0.2, 0.25) is 0 Å². The van der Waals surface area contributed by atoms with E-state index in [4.69, 9.17) is 5.26 Å². The van der Waals surface area contributed by atoms with Gasteiger partial charge in [-0.15, -0.1) is 11.8 Å². The highest BCUT2D eigenvalue weighted by atomic mass is 32.2. The van der Waals surface area contributed by atoms with Crippen LogP contribution in [0.25, 0.3) is 0 Å². The molecule has 0 saturated heterocycles. The van der Waals surface area contributed by atoms with E-state index in [1.54, 1.807) is 11.8 Å². The Labute approximate surface area is 67.8 Å². The second-order valence-corrected chi connectivity index (χ2v) is 3.56. The van der Waals surface area contributed by atoms with Gasteiger partial charge < -0.3 is 0 Å². The van der Waals surface area contributed by atoms with Gasteiger partial charge in [0, 0.05) is 0 Å². The van der Waals surface area contributed by atoms with Crippen molar-refractivity contribution in [2.45, 2.75) is 38.4 Å². The van der Waals surface area contributed by atoms with Gasteiger partial charge in [0.05, 0.1) is 11.3 Å². The molecule has 0 bridgehead atoms. The summed E-state index contributed by atoms with van der Waals surface area (Å²) in [6, 6.07) is 2.27. The Morgan fingerprint density at radius 1 is 1.50 bits per heavy atom. The molecule has 0 radical (unpaired) electrons. The maximum atomic E-state index is 8.55. The summed E-state index contributed by atoms with van der Waals surface area (Å²) in [7, 11) is 0. The average molecular weight is 157 g/mol. The van der Waals surface area contributed by atoms with E-state index in [1.165, 1.54) is 12.8 Å². The first-order chi connectivity index (χ1) is 4.85. The summed E-state index contributed by atoms with van der Waals surface area (Å²) in [4.78, 5) is 0. The minimum absolute atomic E-state index is 0.228. The van der Waals surface area contributed by atoms with Crippen LogP contribution in [0.1, 0.15) is 33.1 Å². The van der Waals surface area contributed by atoms with E-state index < -0.39 is 0 Å². The van der Waals surface area contributed by atoms with Gasteiger partial charge in [0.15, 0.2) is 0 Å². The summed E-state index contributed by atoms with van der Waals surface area (Å²) >= 11 is 1.78. The molecule has 1 nitrogen and oxygen atoms in total. The summed E-state index contributed by atoms with van der Waals surface area (Å²) in [5.41, 5.74) is 0. The predicted molar refractivity (Wildman–Crippen MR) is 47.1 cm³/mol. The van der Waals surface area contributed by atoms with Gasteiger partial charge in [0.25, 0.3) is 0 Å². The quantitative estimate of drug-likeness (QED) is 0.573. The van der Waals surface area contributed by atoms with Crippen molar-refractivity contribution in [2.75, 3.05) is 5.75 Å². The zero-order valence-corrected chi connectivity index (χ0v) is 7.58. The van der Waals surface area contributed by atoms with E-state index in [9.17, 15) is 0 Å². The summed E-state index contributed by atoms with van der Waals surface area (Å²) < 4.78 is 0. The molecule has 0 aromatic rings. The molecule has 0 aliphatic carbocycles. The molecule has 0 saturated carbocycles. The normalized spacial score (nSPS) is 12.5. The molecule has 10 heavy (non-hydrogen) atoms. The van der Waals surface area contributed by atoms with Gasteiger partial charge in [-0.2, -0.15) is 5.26 Å². The minimum Gasteiger partial charge on any atom is -0.197 e. The third kappa shape index (κ3) is 4.69. The predicted octanol–water partition coefficient (Wildman–Crippen LogP) is 2.82. The van der Waals surface area contributed by atoms with Gasteiger partial charge in [-0.3, -0.25) is 0 Å². The lowest BCUT2D eigenvalue weighted by atomic mass is 10.4. The van der Waals surface area contributed by atoms with Crippen molar-refractivity contribution in [3.8, 4) is 6.07 Å². The van der Waals surface area contributed by atoms with Crippen LogP contribution in [0.4, 0.5) is 0 Å². The standard InChI is InChI=1S/C8H15NS/c1-3-5-6-10-8(4-2)7-9/h8H,3-6H2,1-2H3. The molecule has 2 heteroatoms. The maximum Gasteiger partial charge on any atom is 0.0914 e. The lowest BCUT2D eigenvalue weighted by Gasteiger charge is -2.03. The van der Waals surface area contributed by atoms with Crippen LogP contribution >= 0.6 is 11.8 Å².